The third-order valence-electron chi connectivity index (χ3n) is 1.65. The predicted octanol–water partition coefficient (Wildman–Crippen LogP) is 1.91. The molecule has 74 valence electrons. The second-order valence-corrected chi connectivity index (χ2v) is 2.59. The fourth-order valence-electron chi connectivity index (χ4n) is 1.02. The van der Waals surface area contributed by atoms with Crippen molar-refractivity contribution in [2.45, 2.75) is 0 Å². The van der Waals surface area contributed by atoms with Crippen LogP contribution in [0.15, 0.2) is 29.3 Å². The third kappa shape index (κ3) is 2.58. The van der Waals surface area contributed by atoms with E-state index < -0.39 is 6.09 Å². The summed E-state index contributed by atoms with van der Waals surface area (Å²) < 4.78 is 4.49. The molecule has 0 aliphatic carbocycles. The number of para-hydroxylation sites is 1. The normalized spacial score (nSPS) is 10.1. The van der Waals surface area contributed by atoms with Crippen molar-refractivity contribution in [3.8, 4) is 0 Å². The first-order valence-corrected chi connectivity index (χ1v) is 4.14. The van der Waals surface area contributed by atoms with Gasteiger partial charge in [0.05, 0.1) is 12.8 Å². The monoisotopic (exact) mass is 192 g/mol. The molecule has 0 aliphatic rings. The second-order valence-electron chi connectivity index (χ2n) is 2.59. The Kier molecular flexibility index (Phi) is 3.67. The molecule has 4 heteroatoms. The average molecular weight is 192 g/mol. The van der Waals surface area contributed by atoms with Crippen LogP contribution in [0.25, 0.3) is 0 Å². The lowest BCUT2D eigenvalue weighted by Gasteiger charge is -2.05. The number of rotatable bonds is 2. The molecule has 14 heavy (non-hydrogen) atoms. The maximum absolute atomic E-state index is 11.0. The van der Waals surface area contributed by atoms with E-state index in [0.717, 1.165) is 5.56 Å². The first-order chi connectivity index (χ1) is 6.77. The molecule has 0 aliphatic heterocycles. The number of carbonyl (C=O) groups excluding carboxylic acids is 1. The van der Waals surface area contributed by atoms with Crippen molar-refractivity contribution < 1.29 is 9.53 Å². The van der Waals surface area contributed by atoms with Crippen LogP contribution in [0, 0.1) is 0 Å². The third-order valence-corrected chi connectivity index (χ3v) is 1.65. The van der Waals surface area contributed by atoms with E-state index in [-0.39, 0.29) is 0 Å². The van der Waals surface area contributed by atoms with E-state index in [1.54, 1.807) is 19.3 Å². The van der Waals surface area contributed by atoms with E-state index in [4.69, 9.17) is 0 Å². The summed E-state index contributed by atoms with van der Waals surface area (Å²) in [4.78, 5) is 14.8. The highest BCUT2D eigenvalue weighted by atomic mass is 16.5. The SMILES string of the molecule is C/N=C\c1ccccc1NC(=O)OC. The minimum Gasteiger partial charge on any atom is -0.453 e. The molecule has 1 rings (SSSR count). The molecule has 0 radical (unpaired) electrons. The quantitative estimate of drug-likeness (QED) is 0.728. The highest BCUT2D eigenvalue weighted by Crippen LogP contribution is 2.12. The Morgan fingerprint density at radius 3 is 2.86 bits per heavy atom. The van der Waals surface area contributed by atoms with Gasteiger partial charge in [-0.15, -0.1) is 0 Å². The molecule has 0 saturated carbocycles. The van der Waals surface area contributed by atoms with E-state index in [1.165, 1.54) is 7.11 Å². The summed E-state index contributed by atoms with van der Waals surface area (Å²) in [5.41, 5.74) is 1.53. The van der Waals surface area contributed by atoms with Gasteiger partial charge < -0.3 is 4.74 Å². The Morgan fingerprint density at radius 1 is 1.50 bits per heavy atom. The van der Waals surface area contributed by atoms with Crippen LogP contribution in [0.4, 0.5) is 10.5 Å². The highest BCUT2D eigenvalue weighted by molar-refractivity contribution is 5.94. The summed E-state index contributed by atoms with van der Waals surface area (Å²) in [5.74, 6) is 0. The number of nitrogens with zero attached hydrogens (tertiary/aromatic N) is 1. The van der Waals surface area contributed by atoms with Gasteiger partial charge in [0.25, 0.3) is 0 Å². The predicted molar refractivity (Wildman–Crippen MR) is 56.0 cm³/mol. The van der Waals surface area contributed by atoms with Crippen LogP contribution < -0.4 is 5.32 Å². The van der Waals surface area contributed by atoms with Crippen LogP contribution in [-0.4, -0.2) is 26.5 Å². The zero-order valence-electron chi connectivity index (χ0n) is 8.15. The minimum absolute atomic E-state index is 0.484. The molecular formula is C10H12N2O2. The topological polar surface area (TPSA) is 50.7 Å². The second kappa shape index (κ2) is 5.01. The molecule has 0 atom stereocenters. The van der Waals surface area contributed by atoms with Gasteiger partial charge in [-0.25, -0.2) is 4.79 Å². The van der Waals surface area contributed by atoms with Crippen LogP contribution >= 0.6 is 0 Å². The van der Waals surface area contributed by atoms with Crippen LogP contribution in [0.3, 0.4) is 0 Å². The lowest BCUT2D eigenvalue weighted by molar-refractivity contribution is 0.187. The molecule has 4 nitrogen and oxygen atoms in total. The van der Waals surface area contributed by atoms with E-state index in [2.05, 4.69) is 15.0 Å². The van der Waals surface area contributed by atoms with Crippen molar-refractivity contribution in [2.75, 3.05) is 19.5 Å². The highest BCUT2D eigenvalue weighted by Gasteiger charge is 2.03. The van der Waals surface area contributed by atoms with Gasteiger partial charge in [0.15, 0.2) is 0 Å². The summed E-state index contributed by atoms with van der Waals surface area (Å²) in [6.45, 7) is 0. The fraction of sp³-hybridized carbons (Fsp3) is 0.200. The maximum Gasteiger partial charge on any atom is 0.411 e. The zero-order valence-corrected chi connectivity index (χ0v) is 8.15. The Labute approximate surface area is 82.6 Å². The summed E-state index contributed by atoms with van der Waals surface area (Å²) in [6, 6.07) is 7.35. The molecule has 0 aromatic heterocycles. The number of aliphatic imine (C=N–C) groups is 1. The first kappa shape index (κ1) is 10.2. The molecule has 0 unspecified atom stereocenters. The lowest BCUT2D eigenvalue weighted by atomic mass is 10.2. The Balaban J connectivity index is 2.89. The van der Waals surface area contributed by atoms with Crippen LogP contribution in [0.5, 0.6) is 0 Å². The molecule has 0 fully saturated rings. The van der Waals surface area contributed by atoms with Gasteiger partial charge in [-0.1, -0.05) is 18.2 Å². The molecule has 0 spiro atoms. The van der Waals surface area contributed by atoms with E-state index in [0.29, 0.717) is 5.69 Å². The molecule has 1 amide bonds. The molecule has 1 aromatic rings. The number of benzene rings is 1. The summed E-state index contributed by atoms with van der Waals surface area (Å²) in [7, 11) is 3.00. The Morgan fingerprint density at radius 2 is 2.21 bits per heavy atom. The number of nitrogens with one attached hydrogen (secondary N) is 1. The fourth-order valence-corrected chi connectivity index (χ4v) is 1.02. The van der Waals surface area contributed by atoms with E-state index in [1.807, 2.05) is 18.2 Å². The van der Waals surface area contributed by atoms with Gasteiger partial charge in [-0.2, -0.15) is 0 Å². The largest absolute Gasteiger partial charge is 0.453 e. The van der Waals surface area contributed by atoms with Crippen molar-refractivity contribution in [3.63, 3.8) is 0 Å². The van der Waals surface area contributed by atoms with Crippen LogP contribution in [0.2, 0.25) is 0 Å². The number of hydrogen-bond donors (Lipinski definition) is 1. The average Bonchev–Trinajstić information content (AvgIpc) is 2.21. The summed E-state index contributed by atoms with van der Waals surface area (Å²) in [5, 5.41) is 2.59. The van der Waals surface area contributed by atoms with E-state index >= 15 is 0 Å². The van der Waals surface area contributed by atoms with Crippen LogP contribution in [-0.2, 0) is 4.74 Å². The standard InChI is InChI=1S/C10H12N2O2/c1-11-7-8-5-3-4-6-9(8)12-10(13)14-2/h3-7H,1-2H3,(H,12,13)/b11-7-. The summed E-state index contributed by atoms with van der Waals surface area (Å²) in [6.07, 6.45) is 1.19. The number of anilines is 1. The van der Waals surface area contributed by atoms with Crippen molar-refractivity contribution in [2.24, 2.45) is 4.99 Å². The van der Waals surface area contributed by atoms with Gasteiger partial charge in [-0.3, -0.25) is 10.3 Å². The molecule has 0 heterocycles. The van der Waals surface area contributed by atoms with Gasteiger partial charge >= 0.3 is 6.09 Å². The molecule has 1 aromatic carbocycles. The molecule has 0 bridgehead atoms. The number of ether oxygens (including phenoxy) is 1. The van der Waals surface area contributed by atoms with Crippen molar-refractivity contribution in [1.82, 2.24) is 0 Å². The number of methoxy groups -OCH3 is 1. The van der Waals surface area contributed by atoms with Crippen molar-refractivity contribution in [1.29, 1.82) is 0 Å². The molecular weight excluding hydrogens is 180 g/mol. The van der Waals surface area contributed by atoms with Crippen molar-refractivity contribution in [3.05, 3.63) is 29.8 Å². The lowest BCUT2D eigenvalue weighted by Crippen LogP contribution is -2.12. The van der Waals surface area contributed by atoms with Crippen molar-refractivity contribution >= 4 is 18.0 Å². The Hall–Kier alpha value is -1.84. The van der Waals surface area contributed by atoms with Gasteiger partial charge in [-0.05, 0) is 6.07 Å². The smallest absolute Gasteiger partial charge is 0.411 e. The first-order valence-electron chi connectivity index (χ1n) is 4.14. The molecule has 1 N–H and O–H groups in total. The maximum atomic E-state index is 11.0. The number of carbonyl (C=O) groups is 1. The summed E-state index contributed by atoms with van der Waals surface area (Å²) >= 11 is 0. The van der Waals surface area contributed by atoms with Gasteiger partial charge in [0.1, 0.15) is 0 Å². The van der Waals surface area contributed by atoms with Crippen LogP contribution in [0.1, 0.15) is 5.56 Å². The van der Waals surface area contributed by atoms with Gasteiger partial charge in [0.2, 0.25) is 0 Å². The minimum atomic E-state index is -0.484. The number of amides is 1. The van der Waals surface area contributed by atoms with E-state index in [9.17, 15) is 4.79 Å². The molecule has 0 saturated heterocycles. The number of hydrogen-bond acceptors (Lipinski definition) is 3. The van der Waals surface area contributed by atoms with Gasteiger partial charge in [0, 0.05) is 18.8 Å². The zero-order chi connectivity index (χ0) is 10.4. The Bertz CT molecular complexity index is 348.